The third kappa shape index (κ3) is 15.3. The van der Waals surface area contributed by atoms with Gasteiger partial charge in [-0.3, -0.25) is 9.59 Å². The minimum absolute atomic E-state index is 0.00271. The van der Waals surface area contributed by atoms with Crippen LogP contribution in [0.3, 0.4) is 0 Å². The van der Waals surface area contributed by atoms with Crippen molar-refractivity contribution in [2.24, 2.45) is 40.4 Å². The molecule has 39 atom stereocenters. The van der Waals surface area contributed by atoms with E-state index in [0.29, 0.717) is 32.1 Å². The number of ketones is 1. The van der Waals surface area contributed by atoms with E-state index >= 15 is 0 Å². The molecule has 0 unspecified atom stereocenters. The molecule has 10 rings (SSSR count). The summed E-state index contributed by atoms with van der Waals surface area (Å²) in [6, 6.07) is 0. The second-order valence-corrected chi connectivity index (χ2v) is 28.5. The van der Waals surface area contributed by atoms with E-state index in [0.717, 1.165) is 5.57 Å². The summed E-state index contributed by atoms with van der Waals surface area (Å²) in [5.41, 5.74) is -0.195. The molecule has 10 aliphatic rings. The standard InChI is InChI=1S/C62H100O35/c1-21(19-85-55-47(81)43(77)39(73)31(14-63)89-55)5-8-36(71)87-30-12-26-24-7-6-23-11-29(27(69)13-62(23,4)25(24)9-10-61(26,3)37(30)22(2)68)88-57-49(83)45(79)51(35(18-67)93-57)94-60-54(53(42(76)34(17-66)92-60)96-56-46(80)38(72)28(70)20-86-56)97-59-50(84)52(41(75)33(16-65)91-59)95-58-48(82)44(78)40(74)32(15-64)90-58/h6,21,24-35,37-60,63-67,69-70,72-84H,5,7-20H2,1-4H3/t21-,24+,25-,26-,27+,28+,29+,30-,31+,32+,33+,34+,35+,37-,38-,39+,40+,41+,42+,43-,44-,45+,46+,47+,48+,49+,50+,51-,52-,53-,54+,55+,56-,57+,58-,59-,60-,61-,62-/m0/s1. The van der Waals surface area contributed by atoms with Crippen LogP contribution in [0.5, 0.6) is 0 Å². The molecule has 3 saturated carbocycles. The molecule has 0 amide bonds. The van der Waals surface area contributed by atoms with Crippen LogP contribution in [-0.4, -0.2) is 357 Å². The van der Waals surface area contributed by atoms with Crippen molar-refractivity contribution in [3.05, 3.63) is 11.6 Å². The minimum Gasteiger partial charge on any atom is -0.462 e. The highest BCUT2D eigenvalue weighted by atomic mass is 16.8. The molecule has 9 fully saturated rings. The Morgan fingerprint density at radius 1 is 0.526 bits per heavy atom. The molecule has 0 aromatic rings. The van der Waals surface area contributed by atoms with Gasteiger partial charge in [-0.05, 0) is 86.4 Å². The molecule has 0 aromatic heterocycles. The maximum Gasteiger partial charge on any atom is 0.306 e. The van der Waals surface area contributed by atoms with Crippen molar-refractivity contribution in [3.8, 4) is 0 Å². The van der Waals surface area contributed by atoms with Gasteiger partial charge >= 0.3 is 5.97 Å². The molecule has 35 heteroatoms. The van der Waals surface area contributed by atoms with Gasteiger partial charge in [-0.25, -0.2) is 0 Å². The summed E-state index contributed by atoms with van der Waals surface area (Å²) in [5, 5.41) is 216. The summed E-state index contributed by atoms with van der Waals surface area (Å²) in [6.45, 7) is 2.27. The Kier molecular flexibility index (Phi) is 25.4. The number of esters is 1. The van der Waals surface area contributed by atoms with Crippen molar-refractivity contribution in [2.75, 3.05) is 46.2 Å². The molecule has 4 aliphatic carbocycles. The number of hydrogen-bond acceptors (Lipinski definition) is 35. The Hall–Kier alpha value is -2.40. The number of allylic oxidation sites excluding steroid dienone is 1. The van der Waals surface area contributed by atoms with Gasteiger partial charge in [-0.2, -0.15) is 0 Å². The Balaban J connectivity index is 0.812. The number of fused-ring (bicyclic) bond motifs is 5. The van der Waals surface area contributed by atoms with E-state index < -0.39 is 259 Å². The zero-order chi connectivity index (χ0) is 70.6. The van der Waals surface area contributed by atoms with Crippen LogP contribution in [0.4, 0.5) is 0 Å². The molecule has 6 saturated heterocycles. The second-order valence-electron chi connectivity index (χ2n) is 28.5. The number of hydrogen-bond donors (Lipinski definition) is 20. The molecule has 6 heterocycles. The van der Waals surface area contributed by atoms with Gasteiger partial charge < -0.3 is 164 Å². The van der Waals surface area contributed by atoms with Crippen LogP contribution in [-0.2, 0) is 71.2 Å². The zero-order valence-corrected chi connectivity index (χ0v) is 54.1. The number of carbonyl (C=O) groups is 2. The predicted molar refractivity (Wildman–Crippen MR) is 314 cm³/mol. The van der Waals surface area contributed by atoms with Gasteiger partial charge in [-0.1, -0.05) is 32.4 Å². The first-order valence-electron chi connectivity index (χ1n) is 33.4. The van der Waals surface area contributed by atoms with Crippen LogP contribution in [0.1, 0.15) is 79.1 Å². The van der Waals surface area contributed by atoms with Gasteiger partial charge in [0, 0.05) is 6.42 Å². The van der Waals surface area contributed by atoms with Crippen molar-refractivity contribution in [1.82, 2.24) is 0 Å². The molecule has 0 spiro atoms. The quantitative estimate of drug-likeness (QED) is 0.0334. The first kappa shape index (κ1) is 77.2. The van der Waals surface area contributed by atoms with Gasteiger partial charge in [0.2, 0.25) is 0 Å². The lowest BCUT2D eigenvalue weighted by molar-refractivity contribution is -0.409. The molecule has 0 aromatic carbocycles. The summed E-state index contributed by atoms with van der Waals surface area (Å²) in [4.78, 5) is 27.2. The van der Waals surface area contributed by atoms with Crippen molar-refractivity contribution in [2.45, 2.75) is 276 Å². The fourth-order valence-corrected chi connectivity index (χ4v) is 16.8. The lowest BCUT2D eigenvalue weighted by Gasteiger charge is -2.58. The van der Waals surface area contributed by atoms with Gasteiger partial charge in [0.05, 0.1) is 64.4 Å². The second kappa shape index (κ2) is 31.9. The third-order valence-corrected chi connectivity index (χ3v) is 22.3. The maximum absolute atomic E-state index is 13.6. The molecule has 35 nitrogen and oxygen atoms in total. The Morgan fingerprint density at radius 2 is 1.03 bits per heavy atom. The molecular formula is C62H100O35. The Labute approximate surface area is 557 Å². The number of aliphatic hydroxyl groups is 20. The van der Waals surface area contributed by atoms with Crippen LogP contribution >= 0.6 is 0 Å². The average molecular weight is 1410 g/mol. The normalized spacial score (nSPS) is 51.3. The summed E-state index contributed by atoms with van der Waals surface area (Å²) < 4.78 is 76.6. The smallest absolute Gasteiger partial charge is 0.306 e. The highest BCUT2D eigenvalue weighted by molar-refractivity contribution is 5.81. The number of rotatable bonds is 23. The number of Topliss-reactive ketones (excluding diaryl/α,β-unsaturated/α-hetero) is 1. The predicted octanol–water partition coefficient (Wildman–Crippen LogP) is -9.00. The molecular weight excluding hydrogens is 1300 g/mol. The van der Waals surface area contributed by atoms with Crippen molar-refractivity contribution < 1.29 is 173 Å². The van der Waals surface area contributed by atoms with Crippen molar-refractivity contribution in [3.63, 3.8) is 0 Å². The molecule has 0 radical (unpaired) electrons. The summed E-state index contributed by atoms with van der Waals surface area (Å²) >= 11 is 0. The first-order chi connectivity index (χ1) is 45.9. The lowest BCUT2D eigenvalue weighted by Crippen LogP contribution is -2.69. The lowest BCUT2D eigenvalue weighted by atomic mass is 9.47. The maximum atomic E-state index is 13.6. The summed E-state index contributed by atoms with van der Waals surface area (Å²) in [6.07, 6.45) is -51.7. The molecule has 558 valence electrons. The third-order valence-electron chi connectivity index (χ3n) is 22.3. The van der Waals surface area contributed by atoms with Gasteiger partial charge in [-0.15, -0.1) is 0 Å². The van der Waals surface area contributed by atoms with Crippen LogP contribution in [0.15, 0.2) is 11.6 Å². The summed E-state index contributed by atoms with van der Waals surface area (Å²) in [5.74, 6) is -1.54. The first-order valence-corrected chi connectivity index (χ1v) is 33.4. The van der Waals surface area contributed by atoms with E-state index in [2.05, 4.69) is 19.9 Å². The van der Waals surface area contributed by atoms with E-state index in [9.17, 15) is 112 Å². The van der Waals surface area contributed by atoms with E-state index in [-0.39, 0.29) is 55.3 Å². The van der Waals surface area contributed by atoms with Gasteiger partial charge in [0.15, 0.2) is 37.7 Å². The van der Waals surface area contributed by atoms with E-state index in [1.165, 1.54) is 6.92 Å². The van der Waals surface area contributed by atoms with Crippen LogP contribution < -0.4 is 0 Å². The van der Waals surface area contributed by atoms with Crippen LogP contribution in [0.25, 0.3) is 0 Å². The van der Waals surface area contributed by atoms with Gasteiger partial charge in [0.1, 0.15) is 152 Å². The number of aliphatic hydroxyl groups excluding tert-OH is 20. The van der Waals surface area contributed by atoms with Crippen molar-refractivity contribution >= 4 is 11.8 Å². The highest BCUT2D eigenvalue weighted by Gasteiger charge is 2.65. The average Bonchev–Trinajstić information content (AvgIpc) is 1.65. The SMILES string of the molecule is CC(=O)[C@H]1[C@@H](OC(=O)CC[C@H](C)CO[C@@H]2O[C@H](CO)[C@@H](O)[C@H](O)[C@H]2O)C[C@H]2[C@@H]3CC=C4C[C@@H](O[C@@H]5O[C@H](CO)[C@H](O[C@@H]6O[C@H](CO)[C@@H](O)[C@H](O[C@@H]7OC[C@@H](O)[C@H](O)[C@H]7O)[C@H]6O[C@@H]6O[C@H](CO)[C@@H](O)[C@H](O[C@@H]7O[C@H](CO)[C@@H](O)[C@H](O)[C@H]7O)[C@H]6O)[C@H](O)[C@H]5O)[C@H](O)C[C@]4(C)[C@H]3CC[C@@]21C. The minimum atomic E-state index is -2.25. The van der Waals surface area contributed by atoms with E-state index in [4.69, 9.17) is 61.6 Å². The number of carbonyl (C=O) groups excluding carboxylic acids is 2. The van der Waals surface area contributed by atoms with Crippen LogP contribution in [0, 0.1) is 40.4 Å². The zero-order valence-electron chi connectivity index (χ0n) is 54.1. The molecule has 0 bridgehead atoms. The topological polar surface area (TPSA) is 559 Å². The van der Waals surface area contributed by atoms with Crippen LogP contribution in [0.2, 0.25) is 0 Å². The van der Waals surface area contributed by atoms with Crippen molar-refractivity contribution in [1.29, 1.82) is 0 Å². The fourth-order valence-electron chi connectivity index (χ4n) is 16.8. The highest BCUT2D eigenvalue weighted by Crippen LogP contribution is 2.67. The molecule has 6 aliphatic heterocycles. The molecule has 97 heavy (non-hydrogen) atoms. The molecule has 20 N–H and O–H groups in total. The Morgan fingerprint density at radius 3 is 1.65 bits per heavy atom. The fraction of sp³-hybridized carbons (Fsp3) is 0.935. The summed E-state index contributed by atoms with van der Waals surface area (Å²) in [7, 11) is 0. The van der Waals surface area contributed by atoms with Gasteiger partial charge in [0.25, 0.3) is 0 Å². The monoisotopic (exact) mass is 1400 g/mol. The largest absolute Gasteiger partial charge is 0.462 e. The number of ether oxygens (including phenoxy) is 13. The Bertz CT molecular complexity index is 2610. The van der Waals surface area contributed by atoms with E-state index in [1.54, 1.807) is 6.92 Å². The van der Waals surface area contributed by atoms with E-state index in [1.807, 2.05) is 0 Å².